The Hall–Kier alpha value is -5.98. The Balaban J connectivity index is 0.727. The number of hydrogen-bond donors (Lipinski definition) is 3. The van der Waals surface area contributed by atoms with Gasteiger partial charge in [0.2, 0.25) is 17.8 Å². The topological polar surface area (TPSA) is 196 Å². The molecule has 4 aliphatic rings. The van der Waals surface area contributed by atoms with Gasteiger partial charge in [-0.25, -0.2) is 9.97 Å². The van der Waals surface area contributed by atoms with Crippen molar-refractivity contribution in [3.8, 4) is 0 Å². The lowest BCUT2D eigenvalue weighted by molar-refractivity contribution is -0.136. The Morgan fingerprint density at radius 3 is 2.42 bits per heavy atom. The molecule has 6 heterocycles. The van der Waals surface area contributed by atoms with Crippen molar-refractivity contribution >= 4 is 63.7 Å². The number of amides is 5. The first-order valence-electron chi connectivity index (χ1n) is 20.7. The van der Waals surface area contributed by atoms with Gasteiger partial charge in [-0.05, 0) is 49.6 Å². The monoisotopic (exact) mass is 821 g/mol. The van der Waals surface area contributed by atoms with Crippen molar-refractivity contribution in [2.45, 2.75) is 50.6 Å². The Bertz CT molecular complexity index is 2250. The van der Waals surface area contributed by atoms with Crippen LogP contribution < -0.4 is 20.9 Å². The second-order valence-corrected chi connectivity index (χ2v) is 15.7. The molecule has 0 spiro atoms. The van der Waals surface area contributed by atoms with Gasteiger partial charge in [-0.15, -0.1) is 0 Å². The molecule has 2 saturated heterocycles. The number of pyridine rings is 1. The van der Waals surface area contributed by atoms with Gasteiger partial charge in [-0.2, -0.15) is 4.98 Å². The molecule has 3 N–H and O–H groups in total. The smallest absolute Gasteiger partial charge is 0.270 e. The van der Waals surface area contributed by atoms with Crippen molar-refractivity contribution < 1.29 is 33.4 Å². The molecule has 0 bridgehead atoms. The van der Waals surface area contributed by atoms with Crippen LogP contribution >= 0.6 is 0 Å². The number of piperazine rings is 1. The van der Waals surface area contributed by atoms with Gasteiger partial charge in [0, 0.05) is 83.1 Å². The maximum absolute atomic E-state index is 13.3. The Kier molecular flexibility index (Phi) is 12.3. The molecule has 3 fully saturated rings. The summed E-state index contributed by atoms with van der Waals surface area (Å²) >= 11 is 0. The molecule has 316 valence electrons. The van der Waals surface area contributed by atoms with E-state index in [2.05, 4.69) is 46.4 Å². The van der Waals surface area contributed by atoms with E-state index in [9.17, 15) is 24.0 Å². The van der Waals surface area contributed by atoms with Crippen LogP contribution in [0.15, 0.2) is 48.8 Å². The SMILES string of the molecule is CN(C)C(=O)c1cc2cnc(Nc3ccc(N4CCN(CCOCCOCCNc5cccc6c5C(=O)N(C5CCC(=O)NC5=O)C6=O)CC4)cn3)nc2n1C1CCCC1. The summed E-state index contributed by atoms with van der Waals surface area (Å²) in [6.45, 7) is 6.58. The minimum atomic E-state index is -1.01. The minimum absolute atomic E-state index is 0.0368. The summed E-state index contributed by atoms with van der Waals surface area (Å²) < 4.78 is 13.7. The predicted octanol–water partition coefficient (Wildman–Crippen LogP) is 3.06. The van der Waals surface area contributed by atoms with Gasteiger partial charge in [0.05, 0.1) is 49.4 Å². The summed E-state index contributed by atoms with van der Waals surface area (Å²) in [6.07, 6.45) is 8.16. The molecule has 3 aromatic heterocycles. The van der Waals surface area contributed by atoms with E-state index in [-0.39, 0.29) is 35.9 Å². The lowest BCUT2D eigenvalue weighted by atomic mass is 10.0. The molecule has 60 heavy (non-hydrogen) atoms. The summed E-state index contributed by atoms with van der Waals surface area (Å²) in [5.41, 5.74) is 3.40. The third-order valence-corrected chi connectivity index (χ3v) is 11.6. The first-order chi connectivity index (χ1) is 29.2. The van der Waals surface area contributed by atoms with Crippen LogP contribution in [-0.4, -0.2) is 150 Å². The van der Waals surface area contributed by atoms with Gasteiger partial charge in [-0.3, -0.25) is 39.1 Å². The zero-order valence-corrected chi connectivity index (χ0v) is 34.0. The Labute approximate surface area is 347 Å². The first-order valence-corrected chi connectivity index (χ1v) is 20.7. The van der Waals surface area contributed by atoms with Crippen molar-refractivity contribution in [3.63, 3.8) is 0 Å². The second kappa shape index (κ2) is 18.1. The number of nitrogens with zero attached hydrogens (tertiary/aromatic N) is 8. The number of carbonyl (C=O) groups excluding carboxylic acids is 5. The maximum atomic E-state index is 13.3. The second-order valence-electron chi connectivity index (χ2n) is 15.7. The van der Waals surface area contributed by atoms with Crippen molar-refractivity contribution in [1.29, 1.82) is 0 Å². The van der Waals surface area contributed by atoms with Gasteiger partial charge >= 0.3 is 0 Å². The van der Waals surface area contributed by atoms with Crippen molar-refractivity contribution in [1.82, 2.24) is 39.5 Å². The number of rotatable bonds is 16. The maximum Gasteiger partial charge on any atom is 0.270 e. The largest absolute Gasteiger partial charge is 0.382 e. The molecule has 8 rings (SSSR count). The molecule has 1 aromatic carbocycles. The summed E-state index contributed by atoms with van der Waals surface area (Å²) in [7, 11) is 3.54. The molecule has 5 amide bonds. The van der Waals surface area contributed by atoms with E-state index >= 15 is 0 Å². The fourth-order valence-electron chi connectivity index (χ4n) is 8.42. The quantitative estimate of drug-likeness (QED) is 0.110. The minimum Gasteiger partial charge on any atom is -0.382 e. The fourth-order valence-corrected chi connectivity index (χ4v) is 8.42. The number of anilines is 4. The molecule has 18 nitrogen and oxygen atoms in total. The molecule has 3 aliphatic heterocycles. The van der Waals surface area contributed by atoms with Gasteiger partial charge in [0.1, 0.15) is 23.2 Å². The van der Waals surface area contributed by atoms with Crippen LogP contribution in [0.2, 0.25) is 0 Å². The van der Waals surface area contributed by atoms with E-state index in [0.29, 0.717) is 56.1 Å². The van der Waals surface area contributed by atoms with Gasteiger partial charge in [0.15, 0.2) is 0 Å². The number of fused-ring (bicyclic) bond motifs is 2. The molecule has 18 heteroatoms. The van der Waals surface area contributed by atoms with E-state index in [4.69, 9.17) is 14.5 Å². The predicted molar refractivity (Wildman–Crippen MR) is 222 cm³/mol. The number of nitrogens with one attached hydrogen (secondary N) is 3. The van der Waals surface area contributed by atoms with Crippen molar-refractivity contribution in [2.24, 2.45) is 0 Å². The number of hydrogen-bond acceptors (Lipinski definition) is 14. The van der Waals surface area contributed by atoms with Crippen LogP contribution in [0, 0.1) is 0 Å². The lowest BCUT2D eigenvalue weighted by Crippen LogP contribution is -2.54. The highest BCUT2D eigenvalue weighted by Gasteiger charge is 2.45. The molecule has 0 radical (unpaired) electrons. The van der Waals surface area contributed by atoms with E-state index in [0.717, 1.165) is 80.0 Å². The molecule has 1 aliphatic carbocycles. The molecule has 1 saturated carbocycles. The Morgan fingerprint density at radius 2 is 1.68 bits per heavy atom. The molecule has 1 unspecified atom stereocenters. The van der Waals surface area contributed by atoms with Crippen LogP contribution in [0.3, 0.4) is 0 Å². The number of imide groups is 2. The van der Waals surface area contributed by atoms with Crippen LogP contribution in [-0.2, 0) is 19.1 Å². The molecular formula is C42H51N11O7. The number of aromatic nitrogens is 4. The van der Waals surface area contributed by atoms with Gasteiger partial charge in [-0.1, -0.05) is 18.9 Å². The van der Waals surface area contributed by atoms with Crippen LogP contribution in [0.4, 0.5) is 23.1 Å². The standard InChI is InChI=1S/C42H51N11O7/c1-49(2)40(57)33-24-27-25-45-42(48-37(27)52(33)28-6-3-4-7-28)46-34-12-10-29(26-44-34)51-17-15-50(16-18-51)19-21-60-23-22-59-20-14-43-31-9-5-8-30-36(31)41(58)53(39(30)56)32-11-13-35(54)47-38(32)55/h5,8-10,12,24-26,28,32,43H,3-4,6-7,11,13-23H2,1-2H3,(H,47,54,55)(H,44,45,46,48). The fraction of sp³-hybridized carbons (Fsp3) is 0.476. The zero-order valence-electron chi connectivity index (χ0n) is 34.0. The molecule has 1 atom stereocenters. The van der Waals surface area contributed by atoms with Crippen molar-refractivity contribution in [2.75, 3.05) is 95.3 Å². The van der Waals surface area contributed by atoms with Gasteiger partial charge < -0.3 is 34.5 Å². The van der Waals surface area contributed by atoms with Crippen LogP contribution in [0.5, 0.6) is 0 Å². The number of benzene rings is 1. The highest BCUT2D eigenvalue weighted by Crippen LogP contribution is 2.35. The summed E-state index contributed by atoms with van der Waals surface area (Å²) in [4.78, 5) is 84.6. The van der Waals surface area contributed by atoms with E-state index < -0.39 is 29.7 Å². The highest BCUT2D eigenvalue weighted by atomic mass is 16.5. The highest BCUT2D eigenvalue weighted by molar-refractivity contribution is 6.25. The van der Waals surface area contributed by atoms with Crippen LogP contribution in [0.25, 0.3) is 11.0 Å². The number of piperidine rings is 1. The number of carbonyl (C=O) groups is 5. The van der Waals surface area contributed by atoms with E-state index in [1.165, 1.54) is 0 Å². The zero-order chi connectivity index (χ0) is 41.8. The third kappa shape index (κ3) is 8.66. The summed E-state index contributed by atoms with van der Waals surface area (Å²) in [5.74, 6) is -1.09. The lowest BCUT2D eigenvalue weighted by Gasteiger charge is -2.35. The van der Waals surface area contributed by atoms with E-state index in [1.54, 1.807) is 43.4 Å². The normalized spacial score (nSPS) is 18.7. The Morgan fingerprint density at radius 1 is 0.900 bits per heavy atom. The van der Waals surface area contributed by atoms with Crippen molar-refractivity contribution in [3.05, 3.63) is 65.6 Å². The number of ether oxygens (including phenoxy) is 2. The molecule has 4 aromatic rings. The summed E-state index contributed by atoms with van der Waals surface area (Å²) in [6, 6.07) is 10.1. The van der Waals surface area contributed by atoms with E-state index in [1.807, 2.05) is 18.3 Å². The third-order valence-electron chi connectivity index (χ3n) is 11.6. The summed E-state index contributed by atoms with van der Waals surface area (Å²) in [5, 5.41) is 9.50. The van der Waals surface area contributed by atoms with Gasteiger partial charge in [0.25, 0.3) is 17.7 Å². The first kappa shape index (κ1) is 40.8. The average molecular weight is 822 g/mol. The molecular weight excluding hydrogens is 771 g/mol. The van der Waals surface area contributed by atoms with Crippen LogP contribution in [0.1, 0.15) is 75.8 Å². The average Bonchev–Trinajstić information content (AvgIpc) is 3.97.